The summed E-state index contributed by atoms with van der Waals surface area (Å²) in [6.45, 7) is 2.30. The van der Waals surface area contributed by atoms with E-state index in [-0.39, 0.29) is 0 Å². The second kappa shape index (κ2) is 7.34. The van der Waals surface area contributed by atoms with Gasteiger partial charge in [0.05, 0.1) is 14.2 Å². The van der Waals surface area contributed by atoms with Gasteiger partial charge in [0.2, 0.25) is 0 Å². The first kappa shape index (κ1) is 14.9. The van der Waals surface area contributed by atoms with Gasteiger partial charge in [-0.25, -0.2) is 0 Å². The molecule has 20 heavy (non-hydrogen) atoms. The standard InChI is InChI=1S/C17H22O2S/c1-13(6-9-16-5-4-10-20-16)11-14-7-8-15(18-2)12-17(14)19-3/h4-5,7-8,10,12-13H,6,9,11H2,1-3H3. The van der Waals surface area contributed by atoms with E-state index in [1.54, 1.807) is 14.2 Å². The van der Waals surface area contributed by atoms with Crippen molar-refractivity contribution >= 4 is 11.3 Å². The lowest BCUT2D eigenvalue weighted by molar-refractivity contribution is 0.387. The maximum atomic E-state index is 5.46. The van der Waals surface area contributed by atoms with E-state index >= 15 is 0 Å². The SMILES string of the molecule is COc1ccc(CC(C)CCc2cccs2)c(OC)c1. The third-order valence-electron chi connectivity index (χ3n) is 3.53. The summed E-state index contributed by atoms with van der Waals surface area (Å²) in [5.41, 5.74) is 1.26. The molecule has 0 amide bonds. The van der Waals surface area contributed by atoms with Crippen molar-refractivity contribution in [1.29, 1.82) is 0 Å². The lowest BCUT2D eigenvalue weighted by Crippen LogP contribution is -2.03. The second-order valence-corrected chi connectivity index (χ2v) is 6.14. The molecule has 2 nitrogen and oxygen atoms in total. The molecule has 1 aromatic heterocycles. The number of rotatable bonds is 7. The fourth-order valence-corrected chi connectivity index (χ4v) is 3.07. The maximum absolute atomic E-state index is 5.46. The van der Waals surface area contributed by atoms with Gasteiger partial charge in [-0.2, -0.15) is 0 Å². The fourth-order valence-electron chi connectivity index (χ4n) is 2.34. The van der Waals surface area contributed by atoms with E-state index in [0.717, 1.165) is 24.3 Å². The quantitative estimate of drug-likeness (QED) is 0.743. The van der Waals surface area contributed by atoms with Crippen LogP contribution in [0.2, 0.25) is 0 Å². The second-order valence-electron chi connectivity index (χ2n) is 5.11. The molecule has 1 atom stereocenters. The normalized spacial score (nSPS) is 12.2. The first-order chi connectivity index (χ1) is 9.72. The highest BCUT2D eigenvalue weighted by atomic mass is 32.1. The molecule has 0 spiro atoms. The molecule has 0 aliphatic carbocycles. The summed E-state index contributed by atoms with van der Waals surface area (Å²) in [4.78, 5) is 1.47. The molecule has 1 unspecified atom stereocenters. The van der Waals surface area contributed by atoms with Gasteiger partial charge in [-0.15, -0.1) is 11.3 Å². The Kier molecular flexibility index (Phi) is 5.48. The molecule has 0 N–H and O–H groups in total. The van der Waals surface area contributed by atoms with Crippen LogP contribution in [0.3, 0.4) is 0 Å². The summed E-state index contributed by atoms with van der Waals surface area (Å²) in [6.07, 6.45) is 3.41. The predicted molar refractivity (Wildman–Crippen MR) is 85.1 cm³/mol. The average molecular weight is 290 g/mol. The Morgan fingerprint density at radius 2 is 2.00 bits per heavy atom. The fraction of sp³-hybridized carbons (Fsp3) is 0.412. The van der Waals surface area contributed by atoms with Gasteiger partial charge in [0, 0.05) is 10.9 Å². The summed E-state index contributed by atoms with van der Waals surface area (Å²) >= 11 is 1.84. The zero-order valence-electron chi connectivity index (χ0n) is 12.4. The molecule has 0 aliphatic rings. The predicted octanol–water partition coefficient (Wildman–Crippen LogP) is 4.58. The Balaban J connectivity index is 1.94. The van der Waals surface area contributed by atoms with E-state index in [4.69, 9.17) is 9.47 Å². The number of hydrogen-bond acceptors (Lipinski definition) is 3. The van der Waals surface area contributed by atoms with Crippen LogP contribution in [-0.2, 0) is 12.8 Å². The zero-order valence-corrected chi connectivity index (χ0v) is 13.2. The Bertz CT molecular complexity index is 520. The highest BCUT2D eigenvalue weighted by Gasteiger charge is 2.10. The molecule has 1 heterocycles. The van der Waals surface area contributed by atoms with Crippen molar-refractivity contribution in [2.24, 2.45) is 5.92 Å². The summed E-state index contributed by atoms with van der Waals surface area (Å²) in [5, 5.41) is 2.15. The number of hydrogen-bond donors (Lipinski definition) is 0. The van der Waals surface area contributed by atoms with Crippen LogP contribution < -0.4 is 9.47 Å². The third-order valence-corrected chi connectivity index (χ3v) is 4.46. The van der Waals surface area contributed by atoms with Crippen LogP contribution in [0.25, 0.3) is 0 Å². The van der Waals surface area contributed by atoms with E-state index in [2.05, 4.69) is 30.5 Å². The van der Waals surface area contributed by atoms with Crippen molar-refractivity contribution in [2.75, 3.05) is 14.2 Å². The summed E-state index contributed by atoms with van der Waals surface area (Å²) in [6, 6.07) is 10.4. The Morgan fingerprint density at radius 1 is 1.15 bits per heavy atom. The zero-order chi connectivity index (χ0) is 14.4. The minimum atomic E-state index is 0.638. The molecular formula is C17H22O2S. The topological polar surface area (TPSA) is 18.5 Å². The van der Waals surface area contributed by atoms with Crippen LogP contribution in [-0.4, -0.2) is 14.2 Å². The molecule has 0 radical (unpaired) electrons. The first-order valence-electron chi connectivity index (χ1n) is 6.96. The molecule has 2 rings (SSSR count). The lowest BCUT2D eigenvalue weighted by Gasteiger charge is -2.14. The first-order valence-corrected chi connectivity index (χ1v) is 7.84. The van der Waals surface area contributed by atoms with E-state index in [1.165, 1.54) is 16.9 Å². The maximum Gasteiger partial charge on any atom is 0.125 e. The van der Waals surface area contributed by atoms with Gasteiger partial charge in [-0.05, 0) is 48.3 Å². The highest BCUT2D eigenvalue weighted by molar-refractivity contribution is 7.09. The largest absolute Gasteiger partial charge is 0.497 e. The van der Waals surface area contributed by atoms with Gasteiger partial charge in [0.1, 0.15) is 11.5 Å². The smallest absolute Gasteiger partial charge is 0.125 e. The van der Waals surface area contributed by atoms with E-state index in [1.807, 2.05) is 23.5 Å². The molecule has 0 fully saturated rings. The van der Waals surface area contributed by atoms with Crippen molar-refractivity contribution in [1.82, 2.24) is 0 Å². The molecule has 0 saturated heterocycles. The summed E-state index contributed by atoms with van der Waals surface area (Å²) < 4.78 is 10.7. The van der Waals surface area contributed by atoms with Crippen molar-refractivity contribution in [3.63, 3.8) is 0 Å². The van der Waals surface area contributed by atoms with Crippen LogP contribution >= 0.6 is 11.3 Å². The molecule has 2 aromatic rings. The lowest BCUT2D eigenvalue weighted by atomic mass is 9.95. The van der Waals surface area contributed by atoms with Crippen LogP contribution in [0, 0.1) is 5.92 Å². The number of ether oxygens (including phenoxy) is 2. The van der Waals surface area contributed by atoms with Crippen LogP contribution in [0.5, 0.6) is 11.5 Å². The van der Waals surface area contributed by atoms with Crippen LogP contribution in [0.4, 0.5) is 0 Å². The Hall–Kier alpha value is -1.48. The Labute approximate surface area is 125 Å². The molecule has 3 heteroatoms. The number of methoxy groups -OCH3 is 2. The van der Waals surface area contributed by atoms with Gasteiger partial charge in [0.25, 0.3) is 0 Å². The van der Waals surface area contributed by atoms with Gasteiger partial charge >= 0.3 is 0 Å². The summed E-state index contributed by atoms with van der Waals surface area (Å²) in [7, 11) is 3.40. The van der Waals surface area contributed by atoms with Crippen LogP contribution in [0.15, 0.2) is 35.7 Å². The van der Waals surface area contributed by atoms with Crippen LogP contribution in [0.1, 0.15) is 23.8 Å². The minimum Gasteiger partial charge on any atom is -0.497 e. The summed E-state index contributed by atoms with van der Waals surface area (Å²) in [5.74, 6) is 2.41. The highest BCUT2D eigenvalue weighted by Crippen LogP contribution is 2.28. The van der Waals surface area contributed by atoms with Crippen molar-refractivity contribution < 1.29 is 9.47 Å². The van der Waals surface area contributed by atoms with Crippen molar-refractivity contribution in [3.8, 4) is 11.5 Å². The van der Waals surface area contributed by atoms with E-state index < -0.39 is 0 Å². The molecule has 108 valence electrons. The van der Waals surface area contributed by atoms with Crippen molar-refractivity contribution in [3.05, 3.63) is 46.2 Å². The number of aryl methyl sites for hydroxylation is 1. The van der Waals surface area contributed by atoms with Gasteiger partial charge in [-0.1, -0.05) is 19.1 Å². The molecular weight excluding hydrogens is 268 g/mol. The van der Waals surface area contributed by atoms with Gasteiger partial charge in [-0.3, -0.25) is 0 Å². The van der Waals surface area contributed by atoms with Gasteiger partial charge in [0.15, 0.2) is 0 Å². The third kappa shape index (κ3) is 4.01. The van der Waals surface area contributed by atoms with E-state index in [9.17, 15) is 0 Å². The molecule has 0 saturated carbocycles. The molecule has 1 aromatic carbocycles. The average Bonchev–Trinajstić information content (AvgIpc) is 2.99. The minimum absolute atomic E-state index is 0.638. The molecule has 0 bridgehead atoms. The monoisotopic (exact) mass is 290 g/mol. The molecule has 0 aliphatic heterocycles. The van der Waals surface area contributed by atoms with Gasteiger partial charge < -0.3 is 9.47 Å². The number of benzene rings is 1. The van der Waals surface area contributed by atoms with Crippen molar-refractivity contribution in [2.45, 2.75) is 26.2 Å². The Morgan fingerprint density at radius 3 is 2.65 bits per heavy atom. The number of thiophene rings is 1. The van der Waals surface area contributed by atoms with E-state index in [0.29, 0.717) is 5.92 Å².